The van der Waals surface area contributed by atoms with E-state index in [2.05, 4.69) is 41.5 Å². The SMILES string of the molecule is Cc1ccc(Cn2nnc(C(=O)c3ccccc3)c2-c2ccccc2)cc1. The van der Waals surface area contributed by atoms with Crippen LogP contribution in [0.1, 0.15) is 27.2 Å². The minimum absolute atomic E-state index is 0.121. The number of rotatable bonds is 5. The lowest BCUT2D eigenvalue weighted by atomic mass is 10.0. The molecule has 0 atom stereocenters. The first-order chi connectivity index (χ1) is 13.2. The molecule has 0 unspecified atom stereocenters. The van der Waals surface area contributed by atoms with Crippen molar-refractivity contribution in [2.24, 2.45) is 0 Å². The van der Waals surface area contributed by atoms with Gasteiger partial charge in [-0.25, -0.2) is 4.68 Å². The van der Waals surface area contributed by atoms with Crippen molar-refractivity contribution in [3.8, 4) is 11.3 Å². The summed E-state index contributed by atoms with van der Waals surface area (Å²) in [6.07, 6.45) is 0. The van der Waals surface area contributed by atoms with E-state index in [0.29, 0.717) is 17.8 Å². The van der Waals surface area contributed by atoms with Crippen LogP contribution in [0, 0.1) is 6.92 Å². The van der Waals surface area contributed by atoms with E-state index < -0.39 is 0 Å². The van der Waals surface area contributed by atoms with Crippen LogP contribution in [0.5, 0.6) is 0 Å². The van der Waals surface area contributed by atoms with Crippen molar-refractivity contribution in [1.82, 2.24) is 15.0 Å². The average Bonchev–Trinajstić information content (AvgIpc) is 3.14. The zero-order valence-corrected chi connectivity index (χ0v) is 15.0. The fraction of sp³-hybridized carbons (Fsp3) is 0.0870. The van der Waals surface area contributed by atoms with Gasteiger partial charge >= 0.3 is 0 Å². The van der Waals surface area contributed by atoms with Crippen molar-refractivity contribution in [3.63, 3.8) is 0 Å². The maximum Gasteiger partial charge on any atom is 0.215 e. The van der Waals surface area contributed by atoms with Gasteiger partial charge < -0.3 is 0 Å². The molecule has 4 heteroatoms. The van der Waals surface area contributed by atoms with Gasteiger partial charge in [0.25, 0.3) is 0 Å². The van der Waals surface area contributed by atoms with Gasteiger partial charge in [-0.2, -0.15) is 0 Å². The van der Waals surface area contributed by atoms with Crippen LogP contribution < -0.4 is 0 Å². The molecule has 0 bridgehead atoms. The Morgan fingerprint density at radius 3 is 2.15 bits per heavy atom. The lowest BCUT2D eigenvalue weighted by Crippen LogP contribution is -2.07. The van der Waals surface area contributed by atoms with Crippen LogP contribution in [0.2, 0.25) is 0 Å². The summed E-state index contributed by atoms with van der Waals surface area (Å²) in [6.45, 7) is 2.62. The fourth-order valence-corrected chi connectivity index (χ4v) is 3.05. The number of nitrogens with zero attached hydrogens (tertiary/aromatic N) is 3. The van der Waals surface area contributed by atoms with Crippen molar-refractivity contribution in [2.45, 2.75) is 13.5 Å². The smallest absolute Gasteiger partial charge is 0.215 e. The number of ketones is 1. The van der Waals surface area contributed by atoms with Crippen molar-refractivity contribution in [2.75, 3.05) is 0 Å². The van der Waals surface area contributed by atoms with E-state index in [9.17, 15) is 4.79 Å². The van der Waals surface area contributed by atoms with E-state index in [0.717, 1.165) is 16.8 Å². The summed E-state index contributed by atoms with van der Waals surface area (Å²) >= 11 is 0. The first kappa shape index (κ1) is 16.9. The highest BCUT2D eigenvalue weighted by molar-refractivity contribution is 6.10. The molecule has 4 aromatic rings. The van der Waals surface area contributed by atoms with E-state index >= 15 is 0 Å². The third kappa shape index (κ3) is 3.55. The molecule has 0 aliphatic rings. The molecule has 0 radical (unpaired) electrons. The third-order valence-electron chi connectivity index (χ3n) is 4.49. The highest BCUT2D eigenvalue weighted by atomic mass is 16.1. The molecule has 0 amide bonds. The molecule has 0 N–H and O–H groups in total. The minimum Gasteiger partial charge on any atom is -0.287 e. The van der Waals surface area contributed by atoms with Crippen LogP contribution in [0.3, 0.4) is 0 Å². The Bertz CT molecular complexity index is 1050. The number of carbonyl (C=O) groups excluding carboxylic acids is 1. The standard InChI is InChI=1S/C23H19N3O/c1-17-12-14-18(15-13-17)16-26-22(19-8-4-2-5-9-19)21(24-25-26)23(27)20-10-6-3-7-11-20/h2-15H,16H2,1H3. The van der Waals surface area contributed by atoms with Gasteiger partial charge in [-0.15, -0.1) is 5.10 Å². The maximum atomic E-state index is 13.0. The Labute approximate surface area is 158 Å². The van der Waals surface area contributed by atoms with Crippen LogP contribution in [0.15, 0.2) is 84.9 Å². The number of aromatic nitrogens is 3. The minimum atomic E-state index is -0.121. The number of hydrogen-bond donors (Lipinski definition) is 0. The van der Waals surface area contributed by atoms with Gasteiger partial charge in [0, 0.05) is 11.1 Å². The van der Waals surface area contributed by atoms with Gasteiger partial charge in [-0.1, -0.05) is 95.7 Å². The van der Waals surface area contributed by atoms with Gasteiger partial charge in [0.2, 0.25) is 5.78 Å². The third-order valence-corrected chi connectivity index (χ3v) is 4.49. The van der Waals surface area contributed by atoms with Crippen LogP contribution in [-0.2, 0) is 6.54 Å². The molecule has 4 rings (SSSR count). The second kappa shape index (κ2) is 7.38. The quantitative estimate of drug-likeness (QED) is 0.495. The summed E-state index contributed by atoms with van der Waals surface area (Å²) in [5, 5.41) is 8.55. The van der Waals surface area contributed by atoms with E-state index in [4.69, 9.17) is 0 Å². The van der Waals surface area contributed by atoms with E-state index in [1.807, 2.05) is 48.5 Å². The Morgan fingerprint density at radius 1 is 0.852 bits per heavy atom. The molecule has 27 heavy (non-hydrogen) atoms. The van der Waals surface area contributed by atoms with E-state index in [1.165, 1.54) is 5.56 Å². The predicted octanol–water partition coefficient (Wildman–Crippen LogP) is 4.53. The van der Waals surface area contributed by atoms with Crippen LogP contribution in [0.4, 0.5) is 0 Å². The zero-order valence-electron chi connectivity index (χ0n) is 15.0. The maximum absolute atomic E-state index is 13.0. The highest BCUT2D eigenvalue weighted by Gasteiger charge is 2.22. The number of benzene rings is 3. The van der Waals surface area contributed by atoms with Crippen molar-refractivity contribution in [1.29, 1.82) is 0 Å². The molecule has 0 saturated heterocycles. The second-order valence-electron chi connectivity index (χ2n) is 6.49. The lowest BCUT2D eigenvalue weighted by molar-refractivity contribution is 0.103. The van der Waals surface area contributed by atoms with Crippen molar-refractivity contribution < 1.29 is 4.79 Å². The number of carbonyl (C=O) groups is 1. The molecule has 0 fully saturated rings. The van der Waals surface area contributed by atoms with E-state index in [-0.39, 0.29) is 5.78 Å². The summed E-state index contributed by atoms with van der Waals surface area (Å²) in [7, 11) is 0. The first-order valence-electron chi connectivity index (χ1n) is 8.86. The molecular formula is C23H19N3O. The van der Waals surface area contributed by atoms with Gasteiger partial charge in [0.15, 0.2) is 5.69 Å². The molecule has 1 aromatic heterocycles. The van der Waals surface area contributed by atoms with Gasteiger partial charge in [-0.05, 0) is 12.5 Å². The van der Waals surface area contributed by atoms with Gasteiger partial charge in [0.1, 0.15) is 5.69 Å². The largest absolute Gasteiger partial charge is 0.287 e. The number of hydrogen-bond acceptors (Lipinski definition) is 3. The van der Waals surface area contributed by atoms with Crippen LogP contribution >= 0.6 is 0 Å². The Balaban J connectivity index is 1.79. The fourth-order valence-electron chi connectivity index (χ4n) is 3.05. The van der Waals surface area contributed by atoms with Crippen LogP contribution in [-0.4, -0.2) is 20.8 Å². The molecular weight excluding hydrogens is 334 g/mol. The lowest BCUT2D eigenvalue weighted by Gasteiger charge is -2.09. The summed E-state index contributed by atoms with van der Waals surface area (Å²) in [5.74, 6) is -0.121. The van der Waals surface area contributed by atoms with Crippen molar-refractivity contribution in [3.05, 3.63) is 107 Å². The topological polar surface area (TPSA) is 47.8 Å². The van der Waals surface area contributed by atoms with Gasteiger partial charge in [-0.3, -0.25) is 4.79 Å². The first-order valence-corrected chi connectivity index (χ1v) is 8.86. The molecule has 1 heterocycles. The Morgan fingerprint density at radius 2 is 1.48 bits per heavy atom. The van der Waals surface area contributed by atoms with Crippen molar-refractivity contribution >= 4 is 5.78 Å². The molecule has 0 spiro atoms. The van der Waals surface area contributed by atoms with Crippen LogP contribution in [0.25, 0.3) is 11.3 Å². The zero-order chi connectivity index (χ0) is 18.6. The Kier molecular flexibility index (Phi) is 4.62. The molecule has 0 aliphatic carbocycles. The second-order valence-corrected chi connectivity index (χ2v) is 6.49. The predicted molar refractivity (Wildman–Crippen MR) is 106 cm³/mol. The molecule has 0 saturated carbocycles. The van der Waals surface area contributed by atoms with Gasteiger partial charge in [0.05, 0.1) is 6.54 Å². The highest BCUT2D eigenvalue weighted by Crippen LogP contribution is 2.25. The summed E-state index contributed by atoms with van der Waals surface area (Å²) in [4.78, 5) is 13.0. The summed E-state index contributed by atoms with van der Waals surface area (Å²) < 4.78 is 1.80. The molecule has 4 nitrogen and oxygen atoms in total. The number of aryl methyl sites for hydroxylation is 1. The Hall–Kier alpha value is -3.53. The monoisotopic (exact) mass is 353 g/mol. The molecule has 132 valence electrons. The molecule has 3 aromatic carbocycles. The van der Waals surface area contributed by atoms with E-state index in [1.54, 1.807) is 16.8 Å². The molecule has 0 aliphatic heterocycles. The summed E-state index contributed by atoms with van der Waals surface area (Å²) in [5.41, 5.74) is 4.97. The average molecular weight is 353 g/mol. The normalized spacial score (nSPS) is 10.7. The summed E-state index contributed by atoms with van der Waals surface area (Å²) in [6, 6.07) is 27.3.